The number of nitrogens with one attached hydrogen (secondary N) is 2. The number of H-pyrrole nitrogens is 2. The van der Waals surface area contributed by atoms with Crippen LogP contribution in [-0.2, 0) is 0 Å². The molecule has 6 rings (SSSR count). The van der Waals surface area contributed by atoms with Crippen LogP contribution in [0.15, 0.2) is 34.2 Å². The van der Waals surface area contributed by atoms with Crippen molar-refractivity contribution < 1.29 is 14.3 Å². The fourth-order valence-electron chi connectivity index (χ4n) is 3.97. The van der Waals surface area contributed by atoms with Gasteiger partial charge in [0, 0.05) is 17.8 Å². The Morgan fingerprint density at radius 3 is 2.85 bits per heavy atom. The third kappa shape index (κ3) is 3.79. The van der Waals surface area contributed by atoms with E-state index in [0.29, 0.717) is 39.9 Å². The van der Waals surface area contributed by atoms with Gasteiger partial charge in [0.15, 0.2) is 11.1 Å². The first-order valence-electron chi connectivity index (χ1n) is 10.9. The Morgan fingerprint density at radius 2 is 2.15 bits per heavy atom. The lowest BCUT2D eigenvalue weighted by Gasteiger charge is -2.13. The van der Waals surface area contributed by atoms with Crippen LogP contribution in [0, 0.1) is 0 Å². The van der Waals surface area contributed by atoms with E-state index in [-0.39, 0.29) is 30.1 Å². The lowest BCUT2D eigenvalue weighted by Crippen LogP contribution is -2.28. The summed E-state index contributed by atoms with van der Waals surface area (Å²) in [6, 6.07) is 5.65. The number of hydrogen-bond acceptors (Lipinski definition) is 7. The number of hydrogen-bond donors (Lipinski definition) is 3. The number of nitrogens with zero attached hydrogens (tertiary/aromatic N) is 5. The van der Waals surface area contributed by atoms with Gasteiger partial charge in [-0.2, -0.15) is 9.61 Å². The van der Waals surface area contributed by atoms with E-state index in [4.69, 9.17) is 9.98 Å². The molecule has 174 valence electrons. The van der Waals surface area contributed by atoms with Gasteiger partial charge in [-0.25, -0.2) is 14.2 Å². The smallest absolute Gasteiger partial charge is 0.326 e. The van der Waals surface area contributed by atoms with Crippen molar-refractivity contribution >= 4 is 29.0 Å². The number of halogens is 1. The van der Waals surface area contributed by atoms with Crippen LogP contribution in [0.2, 0.25) is 0 Å². The molecule has 12 heteroatoms. The van der Waals surface area contributed by atoms with Crippen molar-refractivity contribution in [3.63, 3.8) is 0 Å². The van der Waals surface area contributed by atoms with Crippen LogP contribution in [-0.4, -0.2) is 65.8 Å². The van der Waals surface area contributed by atoms with Crippen molar-refractivity contribution in [1.82, 2.24) is 29.5 Å². The first-order valence-corrected chi connectivity index (χ1v) is 11.8. The van der Waals surface area contributed by atoms with Crippen LogP contribution in [0.1, 0.15) is 34.6 Å². The van der Waals surface area contributed by atoms with Crippen LogP contribution in [0.25, 0.3) is 22.3 Å². The summed E-state index contributed by atoms with van der Waals surface area (Å²) in [4.78, 5) is 41.4. The summed E-state index contributed by atoms with van der Waals surface area (Å²) in [7, 11) is 0. The Kier molecular flexibility index (Phi) is 4.83. The summed E-state index contributed by atoms with van der Waals surface area (Å²) >= 11 is 1.30. The summed E-state index contributed by atoms with van der Waals surface area (Å²) < 4.78 is 15.2. The number of carbonyl (C=O) groups excluding carboxylic acids is 1. The van der Waals surface area contributed by atoms with Crippen LogP contribution in [0.5, 0.6) is 5.88 Å². The minimum atomic E-state index is -0.968. The van der Waals surface area contributed by atoms with Gasteiger partial charge in [0.1, 0.15) is 11.9 Å². The molecule has 2 aliphatic rings. The third-order valence-electron chi connectivity index (χ3n) is 5.86. The molecule has 10 nitrogen and oxygen atoms in total. The molecule has 0 spiro atoms. The lowest BCUT2D eigenvalue weighted by atomic mass is 10.3. The molecule has 2 fully saturated rings. The second-order valence-electron chi connectivity index (χ2n) is 8.48. The molecule has 0 radical (unpaired) electrons. The monoisotopic (exact) mass is 481 g/mol. The molecule has 1 aliphatic carbocycles. The number of likely N-dealkylation sites (tertiary alicyclic amines) is 1. The Labute approximate surface area is 195 Å². The van der Waals surface area contributed by atoms with E-state index in [1.54, 1.807) is 27.8 Å². The average molecular weight is 482 g/mol. The number of aromatic hydroxyl groups is 1. The Hall–Kier alpha value is -3.80. The first kappa shape index (κ1) is 20.8. The van der Waals surface area contributed by atoms with Gasteiger partial charge < -0.3 is 15.0 Å². The molecule has 1 saturated heterocycles. The van der Waals surface area contributed by atoms with E-state index in [2.05, 4.69) is 15.1 Å². The highest BCUT2D eigenvalue weighted by Crippen LogP contribution is 2.28. The van der Waals surface area contributed by atoms with E-state index in [1.807, 2.05) is 12.1 Å². The zero-order valence-corrected chi connectivity index (χ0v) is 18.7. The lowest BCUT2D eigenvalue weighted by molar-refractivity contribution is 0.0787. The van der Waals surface area contributed by atoms with E-state index >= 15 is 0 Å². The van der Waals surface area contributed by atoms with Gasteiger partial charge >= 0.3 is 5.69 Å². The first-order chi connectivity index (χ1) is 16.4. The van der Waals surface area contributed by atoms with Gasteiger partial charge in [0.2, 0.25) is 5.88 Å². The number of aromatic nitrogens is 5. The topological polar surface area (TPSA) is 132 Å². The SMILES string of the molecule is O=C(c1ccc(-c2cc(=NC3CC3)n3nc/c(=C/c4[nH]c(=O)[nH]c4O)c3n2)s1)N1CC[C@H](F)C1. The van der Waals surface area contributed by atoms with Crippen molar-refractivity contribution in [2.45, 2.75) is 31.5 Å². The van der Waals surface area contributed by atoms with Crippen molar-refractivity contribution in [2.24, 2.45) is 4.99 Å². The van der Waals surface area contributed by atoms with Crippen molar-refractivity contribution in [1.29, 1.82) is 0 Å². The zero-order chi connectivity index (χ0) is 23.4. The molecule has 4 aromatic rings. The highest BCUT2D eigenvalue weighted by Gasteiger charge is 2.27. The molecule has 4 aromatic heterocycles. The van der Waals surface area contributed by atoms with Gasteiger partial charge in [0.05, 0.1) is 34.2 Å². The Bertz CT molecular complexity index is 1600. The highest BCUT2D eigenvalue weighted by molar-refractivity contribution is 7.17. The summed E-state index contributed by atoms with van der Waals surface area (Å²) in [5, 5.41) is 14.9. The number of fused-ring (bicyclic) bond motifs is 1. The highest BCUT2D eigenvalue weighted by atomic mass is 32.1. The fourth-order valence-corrected chi connectivity index (χ4v) is 4.91. The quantitative estimate of drug-likeness (QED) is 0.400. The normalized spacial score (nSPS) is 19.6. The zero-order valence-electron chi connectivity index (χ0n) is 17.9. The van der Waals surface area contributed by atoms with E-state index < -0.39 is 11.9 Å². The molecule has 1 amide bonds. The number of rotatable bonds is 4. The van der Waals surface area contributed by atoms with Crippen LogP contribution >= 0.6 is 11.3 Å². The standard InChI is InChI=1S/C22H20FN7O3S/c23-12-5-6-29(10-12)21(32)17-4-3-16(34-17)14-8-18(25-13-1-2-13)30-19(26-14)11(9-24-30)7-15-20(31)28-22(33)27-15/h3-4,7-9,12-13,31H,1-2,5-6,10H2,(H2,27,28,33)/b11-7-,25-18?/t12-/m0/s1. The van der Waals surface area contributed by atoms with Crippen LogP contribution < -0.4 is 16.4 Å². The minimum absolute atomic E-state index is 0.129. The fraction of sp³-hybridized carbons (Fsp3) is 0.318. The van der Waals surface area contributed by atoms with Gasteiger partial charge in [-0.15, -0.1) is 11.3 Å². The molecule has 0 unspecified atom stereocenters. The van der Waals surface area contributed by atoms with Crippen LogP contribution in [0.4, 0.5) is 4.39 Å². The predicted octanol–water partition coefficient (Wildman–Crippen LogP) is 0.975. The second-order valence-corrected chi connectivity index (χ2v) is 9.57. The molecule has 1 aliphatic heterocycles. The van der Waals surface area contributed by atoms with Gasteiger partial charge in [-0.3, -0.25) is 14.8 Å². The molecule has 5 heterocycles. The molecule has 1 atom stereocenters. The maximum Gasteiger partial charge on any atom is 0.326 e. The third-order valence-corrected chi connectivity index (χ3v) is 6.96. The van der Waals surface area contributed by atoms with E-state index in [1.165, 1.54) is 11.3 Å². The molecule has 0 bridgehead atoms. The number of amides is 1. The second kappa shape index (κ2) is 7.90. The molecule has 0 aromatic carbocycles. The maximum atomic E-state index is 13.6. The minimum Gasteiger partial charge on any atom is -0.493 e. The van der Waals surface area contributed by atoms with Gasteiger partial charge in [0.25, 0.3) is 5.91 Å². The van der Waals surface area contributed by atoms with E-state index in [0.717, 1.165) is 17.7 Å². The maximum absolute atomic E-state index is 13.6. The van der Waals surface area contributed by atoms with Crippen molar-refractivity contribution in [3.8, 4) is 16.5 Å². The molecule has 3 N–H and O–H groups in total. The van der Waals surface area contributed by atoms with Crippen molar-refractivity contribution in [2.75, 3.05) is 13.1 Å². The summed E-state index contributed by atoms with van der Waals surface area (Å²) in [5.41, 5.74) is 1.46. The molecular weight excluding hydrogens is 461 g/mol. The largest absolute Gasteiger partial charge is 0.493 e. The van der Waals surface area contributed by atoms with Gasteiger partial charge in [-0.05, 0) is 37.5 Å². The van der Waals surface area contributed by atoms with E-state index in [9.17, 15) is 19.1 Å². The number of aromatic amines is 2. The van der Waals surface area contributed by atoms with Gasteiger partial charge in [-0.1, -0.05) is 0 Å². The summed E-state index contributed by atoms with van der Waals surface area (Å²) in [5.74, 6) is -0.451. The number of carbonyl (C=O) groups is 1. The number of imidazole rings is 1. The Morgan fingerprint density at radius 1 is 1.29 bits per heavy atom. The average Bonchev–Trinajstić information content (AvgIpc) is 3.18. The predicted molar refractivity (Wildman–Crippen MR) is 122 cm³/mol. The number of alkyl halides is 1. The molecule has 1 saturated carbocycles. The Balaban J connectivity index is 1.46. The molecular formula is C22H20FN7O3S. The van der Waals surface area contributed by atoms with Crippen LogP contribution in [0.3, 0.4) is 0 Å². The van der Waals surface area contributed by atoms with Crippen molar-refractivity contribution in [3.05, 3.63) is 56.2 Å². The number of thiophene rings is 1. The summed E-state index contributed by atoms with van der Waals surface area (Å²) in [6.07, 6.45) is 4.60. The summed E-state index contributed by atoms with van der Waals surface area (Å²) in [6.45, 7) is 0.550. The molecule has 34 heavy (non-hydrogen) atoms.